The van der Waals surface area contributed by atoms with Crippen molar-refractivity contribution in [3.8, 4) is 10.7 Å². The molecule has 0 atom stereocenters. The second-order valence-electron chi connectivity index (χ2n) is 5.83. The lowest BCUT2D eigenvalue weighted by atomic mass is 9.95. The van der Waals surface area contributed by atoms with Crippen molar-refractivity contribution in [2.45, 2.75) is 51.0 Å². The SMILES string of the molecule is O=C(CCc1nnc(-c2cccs2)[nH]c1=O)NC1CCCCC1. The fourth-order valence-corrected chi connectivity index (χ4v) is 3.49. The first kappa shape index (κ1) is 15.9. The van der Waals surface area contributed by atoms with Crippen LogP contribution in [0.2, 0.25) is 0 Å². The summed E-state index contributed by atoms with van der Waals surface area (Å²) in [7, 11) is 0. The van der Waals surface area contributed by atoms with Crippen LogP contribution in [0.1, 0.15) is 44.2 Å². The van der Waals surface area contributed by atoms with E-state index in [1.807, 2.05) is 17.5 Å². The van der Waals surface area contributed by atoms with E-state index in [9.17, 15) is 9.59 Å². The van der Waals surface area contributed by atoms with E-state index in [1.54, 1.807) is 0 Å². The maximum absolute atomic E-state index is 12.1. The van der Waals surface area contributed by atoms with Crippen molar-refractivity contribution in [2.75, 3.05) is 0 Å². The summed E-state index contributed by atoms with van der Waals surface area (Å²) in [6, 6.07) is 4.06. The van der Waals surface area contributed by atoms with Crippen LogP contribution in [0.4, 0.5) is 0 Å². The van der Waals surface area contributed by atoms with Crippen LogP contribution in [-0.4, -0.2) is 27.1 Å². The Balaban J connectivity index is 1.55. The zero-order valence-corrected chi connectivity index (χ0v) is 13.7. The second-order valence-corrected chi connectivity index (χ2v) is 6.78. The molecule has 122 valence electrons. The van der Waals surface area contributed by atoms with Crippen LogP contribution < -0.4 is 10.9 Å². The molecule has 0 aromatic carbocycles. The molecule has 7 heteroatoms. The van der Waals surface area contributed by atoms with Crippen LogP contribution in [0.5, 0.6) is 0 Å². The van der Waals surface area contributed by atoms with Crippen LogP contribution in [-0.2, 0) is 11.2 Å². The summed E-state index contributed by atoms with van der Waals surface area (Å²) in [4.78, 5) is 27.6. The molecule has 0 spiro atoms. The van der Waals surface area contributed by atoms with Crippen molar-refractivity contribution in [2.24, 2.45) is 0 Å². The highest BCUT2D eigenvalue weighted by atomic mass is 32.1. The first-order valence-electron chi connectivity index (χ1n) is 8.01. The number of nitrogens with zero attached hydrogens (tertiary/aromatic N) is 2. The van der Waals surface area contributed by atoms with Crippen molar-refractivity contribution < 1.29 is 4.79 Å². The molecule has 2 N–H and O–H groups in total. The van der Waals surface area contributed by atoms with Gasteiger partial charge in [-0.05, 0) is 24.3 Å². The molecule has 1 amide bonds. The third-order valence-electron chi connectivity index (χ3n) is 4.08. The number of carbonyl (C=O) groups is 1. The van der Waals surface area contributed by atoms with Gasteiger partial charge in [-0.2, -0.15) is 0 Å². The van der Waals surface area contributed by atoms with E-state index >= 15 is 0 Å². The van der Waals surface area contributed by atoms with E-state index in [2.05, 4.69) is 20.5 Å². The molecular weight excluding hydrogens is 312 g/mol. The average molecular weight is 332 g/mol. The minimum atomic E-state index is -0.270. The number of thiophene rings is 1. The van der Waals surface area contributed by atoms with E-state index < -0.39 is 0 Å². The highest BCUT2D eigenvalue weighted by Crippen LogP contribution is 2.19. The maximum Gasteiger partial charge on any atom is 0.273 e. The Kier molecular flexibility index (Phi) is 5.17. The zero-order chi connectivity index (χ0) is 16.1. The molecule has 2 aromatic rings. The Labute approximate surface area is 138 Å². The summed E-state index contributed by atoms with van der Waals surface area (Å²) in [5.41, 5.74) is 0.0398. The standard InChI is InChI=1S/C16H20N4O2S/c21-14(17-11-5-2-1-3-6-11)9-8-12-16(22)18-15(20-19-12)13-7-4-10-23-13/h4,7,10-11H,1-3,5-6,8-9H2,(H,17,21)(H,18,20,22). The predicted octanol–water partition coefficient (Wildman–Crippen LogP) is 2.27. The largest absolute Gasteiger partial charge is 0.353 e. The fraction of sp³-hybridized carbons (Fsp3) is 0.500. The van der Waals surface area contributed by atoms with Gasteiger partial charge in [0.1, 0.15) is 5.69 Å². The number of rotatable bonds is 5. The first-order valence-corrected chi connectivity index (χ1v) is 8.89. The van der Waals surface area contributed by atoms with Gasteiger partial charge in [-0.1, -0.05) is 25.3 Å². The van der Waals surface area contributed by atoms with Gasteiger partial charge in [-0.3, -0.25) is 9.59 Å². The summed E-state index contributed by atoms with van der Waals surface area (Å²) >= 11 is 1.49. The maximum atomic E-state index is 12.1. The third kappa shape index (κ3) is 4.25. The van der Waals surface area contributed by atoms with Crippen molar-refractivity contribution >= 4 is 17.2 Å². The molecular formula is C16H20N4O2S. The summed E-state index contributed by atoms with van der Waals surface area (Å²) in [6.45, 7) is 0. The molecule has 0 aliphatic heterocycles. The van der Waals surface area contributed by atoms with E-state index in [4.69, 9.17) is 0 Å². The average Bonchev–Trinajstić information content (AvgIpc) is 3.09. The Morgan fingerprint density at radius 2 is 2.13 bits per heavy atom. The molecule has 0 bridgehead atoms. The van der Waals surface area contributed by atoms with E-state index in [1.165, 1.54) is 30.6 Å². The normalized spacial score (nSPS) is 15.5. The van der Waals surface area contributed by atoms with Crippen LogP contribution in [0, 0.1) is 0 Å². The number of hydrogen-bond acceptors (Lipinski definition) is 5. The van der Waals surface area contributed by atoms with E-state index in [0.717, 1.165) is 17.7 Å². The Morgan fingerprint density at radius 3 is 2.83 bits per heavy atom. The Bertz CT molecular complexity index is 705. The van der Waals surface area contributed by atoms with Crippen LogP contribution >= 0.6 is 11.3 Å². The molecule has 1 fully saturated rings. The van der Waals surface area contributed by atoms with Crippen molar-refractivity contribution in [1.29, 1.82) is 0 Å². The van der Waals surface area contributed by atoms with Gasteiger partial charge in [0.25, 0.3) is 5.56 Å². The number of aromatic amines is 1. The molecule has 1 aliphatic carbocycles. The van der Waals surface area contributed by atoms with Gasteiger partial charge in [0.15, 0.2) is 5.82 Å². The fourth-order valence-electron chi connectivity index (χ4n) is 2.83. The van der Waals surface area contributed by atoms with Crippen molar-refractivity contribution in [3.05, 3.63) is 33.6 Å². The van der Waals surface area contributed by atoms with Gasteiger partial charge in [0.2, 0.25) is 5.91 Å². The molecule has 1 saturated carbocycles. The highest BCUT2D eigenvalue weighted by Gasteiger charge is 2.16. The number of aromatic nitrogens is 3. The van der Waals surface area contributed by atoms with E-state index in [-0.39, 0.29) is 17.9 Å². The summed E-state index contributed by atoms with van der Waals surface area (Å²) < 4.78 is 0. The lowest BCUT2D eigenvalue weighted by molar-refractivity contribution is -0.122. The Morgan fingerprint density at radius 1 is 1.30 bits per heavy atom. The number of amides is 1. The van der Waals surface area contributed by atoms with Gasteiger partial charge in [0, 0.05) is 18.9 Å². The minimum absolute atomic E-state index is 0.0135. The minimum Gasteiger partial charge on any atom is -0.353 e. The molecule has 2 heterocycles. The van der Waals surface area contributed by atoms with Crippen LogP contribution in [0.15, 0.2) is 22.3 Å². The number of hydrogen-bond donors (Lipinski definition) is 2. The molecule has 0 saturated heterocycles. The van der Waals surface area contributed by atoms with Gasteiger partial charge in [-0.15, -0.1) is 21.5 Å². The first-order chi connectivity index (χ1) is 11.2. The summed E-state index contributed by atoms with van der Waals surface area (Å²) in [6.07, 6.45) is 6.32. The number of aryl methyl sites for hydroxylation is 1. The molecule has 0 radical (unpaired) electrons. The number of nitrogens with one attached hydrogen (secondary N) is 2. The topological polar surface area (TPSA) is 87.7 Å². The Hall–Kier alpha value is -2.02. The second kappa shape index (κ2) is 7.50. The highest BCUT2D eigenvalue weighted by molar-refractivity contribution is 7.13. The zero-order valence-electron chi connectivity index (χ0n) is 12.9. The monoisotopic (exact) mass is 332 g/mol. The third-order valence-corrected chi connectivity index (χ3v) is 4.96. The van der Waals surface area contributed by atoms with Gasteiger partial charge in [-0.25, -0.2) is 0 Å². The van der Waals surface area contributed by atoms with E-state index in [0.29, 0.717) is 24.0 Å². The van der Waals surface area contributed by atoms with Gasteiger partial charge >= 0.3 is 0 Å². The molecule has 2 aromatic heterocycles. The molecule has 0 unspecified atom stereocenters. The van der Waals surface area contributed by atoms with Crippen LogP contribution in [0.3, 0.4) is 0 Å². The number of carbonyl (C=O) groups excluding carboxylic acids is 1. The van der Waals surface area contributed by atoms with Crippen molar-refractivity contribution in [3.63, 3.8) is 0 Å². The molecule has 23 heavy (non-hydrogen) atoms. The van der Waals surface area contributed by atoms with Gasteiger partial charge in [0.05, 0.1) is 4.88 Å². The van der Waals surface area contributed by atoms with Crippen LogP contribution in [0.25, 0.3) is 10.7 Å². The van der Waals surface area contributed by atoms with Crippen molar-refractivity contribution in [1.82, 2.24) is 20.5 Å². The quantitative estimate of drug-likeness (QED) is 0.879. The predicted molar refractivity (Wildman–Crippen MR) is 89.3 cm³/mol. The lowest BCUT2D eigenvalue weighted by Crippen LogP contribution is -2.36. The smallest absolute Gasteiger partial charge is 0.273 e. The lowest BCUT2D eigenvalue weighted by Gasteiger charge is -2.22. The molecule has 6 nitrogen and oxygen atoms in total. The summed E-state index contributed by atoms with van der Waals surface area (Å²) in [5.74, 6) is 0.459. The van der Waals surface area contributed by atoms with Gasteiger partial charge < -0.3 is 10.3 Å². The summed E-state index contributed by atoms with van der Waals surface area (Å²) in [5, 5.41) is 13.0. The molecule has 3 rings (SSSR count). The number of H-pyrrole nitrogens is 1. The molecule has 1 aliphatic rings.